The number of benzene rings is 1. The van der Waals surface area contributed by atoms with Gasteiger partial charge in [0.1, 0.15) is 11.4 Å². The van der Waals surface area contributed by atoms with Crippen LogP contribution in [-0.4, -0.2) is 45.1 Å². The maximum absolute atomic E-state index is 12.9. The Kier molecular flexibility index (Phi) is 3.50. The lowest BCUT2D eigenvalue weighted by Crippen LogP contribution is -2.44. The van der Waals surface area contributed by atoms with Gasteiger partial charge in [0.2, 0.25) is 0 Å². The third-order valence-electron chi connectivity index (χ3n) is 6.17. The highest BCUT2D eigenvalue weighted by atomic mass is 16.2. The zero-order valence-corrected chi connectivity index (χ0v) is 14.9. The number of carbonyl (C=O) groups is 1. The molecule has 2 aromatic rings. The second-order valence-electron chi connectivity index (χ2n) is 7.83. The average molecular weight is 349 g/mol. The topological polar surface area (TPSA) is 62.5 Å². The Labute approximate surface area is 152 Å². The van der Waals surface area contributed by atoms with Gasteiger partial charge in [0, 0.05) is 49.9 Å². The second kappa shape index (κ2) is 5.77. The fourth-order valence-electron chi connectivity index (χ4n) is 4.97. The van der Waals surface area contributed by atoms with Gasteiger partial charge in [-0.1, -0.05) is 30.3 Å². The molecular weight excluding hydrogens is 326 g/mol. The van der Waals surface area contributed by atoms with Crippen LogP contribution >= 0.6 is 0 Å². The standard InChI is InChI=1S/C20H23N5O/c1-24-10-14(9-21-24)11-25-12-16-7-8-20(17(16)13-25)19(26)22-18(23-20)15-5-3-2-4-6-15/h2-6,9-10,16-17H,7-8,11-13H2,1H3,(H,22,23,26)/t16-,17+,20-/m1/s1. The van der Waals surface area contributed by atoms with E-state index < -0.39 is 5.54 Å². The van der Waals surface area contributed by atoms with E-state index in [1.807, 2.05) is 48.3 Å². The number of hydrogen-bond donors (Lipinski definition) is 1. The van der Waals surface area contributed by atoms with Crippen molar-refractivity contribution in [3.05, 3.63) is 53.9 Å². The maximum Gasteiger partial charge on any atom is 0.253 e. The molecule has 0 bridgehead atoms. The summed E-state index contributed by atoms with van der Waals surface area (Å²) in [6.07, 6.45) is 5.94. The fourth-order valence-corrected chi connectivity index (χ4v) is 4.97. The first-order valence-electron chi connectivity index (χ1n) is 9.31. The molecule has 6 heteroatoms. The van der Waals surface area contributed by atoms with Crippen LogP contribution in [0.25, 0.3) is 0 Å². The van der Waals surface area contributed by atoms with Gasteiger partial charge < -0.3 is 5.32 Å². The van der Waals surface area contributed by atoms with Gasteiger partial charge in [-0.25, -0.2) is 0 Å². The average Bonchev–Trinajstić information content (AvgIpc) is 3.38. The molecule has 2 fully saturated rings. The molecule has 6 nitrogen and oxygen atoms in total. The molecule has 1 aromatic heterocycles. The van der Waals surface area contributed by atoms with E-state index in [4.69, 9.17) is 4.99 Å². The summed E-state index contributed by atoms with van der Waals surface area (Å²) in [6.45, 7) is 2.87. The molecule has 5 rings (SSSR count). The first-order chi connectivity index (χ1) is 12.6. The van der Waals surface area contributed by atoms with Crippen LogP contribution in [0.3, 0.4) is 0 Å². The normalized spacial score (nSPS) is 30.7. The van der Waals surface area contributed by atoms with Crippen LogP contribution in [-0.2, 0) is 18.4 Å². The van der Waals surface area contributed by atoms with E-state index in [0.717, 1.165) is 43.9 Å². The number of aryl methyl sites for hydroxylation is 1. The lowest BCUT2D eigenvalue weighted by atomic mass is 9.85. The minimum Gasteiger partial charge on any atom is -0.308 e. The zero-order valence-electron chi connectivity index (χ0n) is 14.9. The van der Waals surface area contributed by atoms with Crippen molar-refractivity contribution in [2.24, 2.45) is 23.9 Å². The molecule has 1 saturated heterocycles. The van der Waals surface area contributed by atoms with Crippen molar-refractivity contribution in [1.29, 1.82) is 0 Å². The molecule has 26 heavy (non-hydrogen) atoms. The molecule has 1 saturated carbocycles. The van der Waals surface area contributed by atoms with Crippen molar-refractivity contribution >= 4 is 11.7 Å². The van der Waals surface area contributed by atoms with Gasteiger partial charge in [0.15, 0.2) is 0 Å². The number of carbonyl (C=O) groups excluding carboxylic acids is 1. The molecule has 0 radical (unpaired) electrons. The number of nitrogens with zero attached hydrogens (tertiary/aromatic N) is 4. The number of aromatic nitrogens is 2. The summed E-state index contributed by atoms with van der Waals surface area (Å²) < 4.78 is 1.84. The summed E-state index contributed by atoms with van der Waals surface area (Å²) in [5.74, 6) is 1.69. The van der Waals surface area contributed by atoms with Gasteiger partial charge in [-0.3, -0.25) is 19.4 Å². The number of amides is 1. The Morgan fingerprint density at radius 1 is 1.27 bits per heavy atom. The highest BCUT2D eigenvalue weighted by Gasteiger charge is 2.59. The summed E-state index contributed by atoms with van der Waals surface area (Å²) in [7, 11) is 1.94. The SMILES string of the molecule is Cn1cc(CN2C[C@H]3CC[C@@]4(N=C(c5ccccc5)NC4=O)[C@H]3C2)cn1. The van der Waals surface area contributed by atoms with Crippen LogP contribution in [0.5, 0.6) is 0 Å². The summed E-state index contributed by atoms with van der Waals surface area (Å²) in [6, 6.07) is 9.96. The quantitative estimate of drug-likeness (QED) is 0.915. The minimum absolute atomic E-state index is 0.0899. The van der Waals surface area contributed by atoms with Gasteiger partial charge in [-0.2, -0.15) is 5.10 Å². The lowest BCUT2D eigenvalue weighted by Gasteiger charge is -2.25. The summed E-state index contributed by atoms with van der Waals surface area (Å²) in [5, 5.41) is 7.32. The third kappa shape index (κ3) is 2.40. The Morgan fingerprint density at radius 2 is 2.12 bits per heavy atom. The molecular formula is C20H23N5O. The Bertz CT molecular complexity index is 873. The van der Waals surface area contributed by atoms with Crippen LogP contribution in [0.4, 0.5) is 0 Å². The highest BCUT2D eigenvalue weighted by molar-refractivity contribution is 6.15. The molecule has 0 unspecified atom stereocenters. The van der Waals surface area contributed by atoms with Gasteiger partial charge in [0.25, 0.3) is 5.91 Å². The van der Waals surface area contributed by atoms with Gasteiger partial charge in [0.05, 0.1) is 6.20 Å². The van der Waals surface area contributed by atoms with E-state index in [0.29, 0.717) is 11.8 Å². The minimum atomic E-state index is -0.570. The Balaban J connectivity index is 1.39. The predicted octanol–water partition coefficient (Wildman–Crippen LogP) is 1.58. The van der Waals surface area contributed by atoms with Crippen LogP contribution in [0.1, 0.15) is 24.0 Å². The Hall–Kier alpha value is -2.47. The van der Waals surface area contributed by atoms with E-state index in [1.165, 1.54) is 5.56 Å². The third-order valence-corrected chi connectivity index (χ3v) is 6.17. The molecule has 2 aliphatic heterocycles. The fraction of sp³-hybridized carbons (Fsp3) is 0.450. The van der Waals surface area contributed by atoms with Crippen LogP contribution in [0, 0.1) is 11.8 Å². The van der Waals surface area contributed by atoms with E-state index >= 15 is 0 Å². The summed E-state index contributed by atoms with van der Waals surface area (Å²) in [4.78, 5) is 20.4. The van der Waals surface area contributed by atoms with Crippen molar-refractivity contribution in [1.82, 2.24) is 20.0 Å². The van der Waals surface area contributed by atoms with Gasteiger partial charge in [-0.15, -0.1) is 0 Å². The second-order valence-corrected chi connectivity index (χ2v) is 7.83. The molecule has 3 aliphatic rings. The van der Waals surface area contributed by atoms with Crippen molar-refractivity contribution < 1.29 is 4.79 Å². The number of rotatable bonds is 3. The van der Waals surface area contributed by atoms with Crippen LogP contribution in [0.15, 0.2) is 47.7 Å². The summed E-state index contributed by atoms with van der Waals surface area (Å²) in [5.41, 5.74) is 1.65. The van der Waals surface area contributed by atoms with Gasteiger partial charge in [-0.05, 0) is 18.8 Å². The molecule has 3 atom stereocenters. The Morgan fingerprint density at radius 3 is 2.88 bits per heavy atom. The predicted molar refractivity (Wildman–Crippen MR) is 98.6 cm³/mol. The highest BCUT2D eigenvalue weighted by Crippen LogP contribution is 2.49. The van der Waals surface area contributed by atoms with Crippen LogP contribution in [0.2, 0.25) is 0 Å². The number of nitrogens with one attached hydrogen (secondary N) is 1. The first-order valence-corrected chi connectivity index (χ1v) is 9.31. The monoisotopic (exact) mass is 349 g/mol. The molecule has 1 amide bonds. The molecule has 134 valence electrons. The van der Waals surface area contributed by atoms with Crippen molar-refractivity contribution in [2.75, 3.05) is 13.1 Å². The molecule has 1 aliphatic carbocycles. The van der Waals surface area contributed by atoms with E-state index in [-0.39, 0.29) is 5.91 Å². The summed E-state index contributed by atoms with van der Waals surface area (Å²) >= 11 is 0. The number of fused-ring (bicyclic) bond motifs is 2. The van der Waals surface area contributed by atoms with Crippen molar-refractivity contribution in [3.63, 3.8) is 0 Å². The maximum atomic E-state index is 12.9. The van der Waals surface area contributed by atoms with E-state index in [2.05, 4.69) is 21.5 Å². The largest absolute Gasteiger partial charge is 0.308 e. The van der Waals surface area contributed by atoms with E-state index in [9.17, 15) is 4.79 Å². The molecule has 1 N–H and O–H groups in total. The number of likely N-dealkylation sites (tertiary alicyclic amines) is 1. The molecule has 3 heterocycles. The van der Waals surface area contributed by atoms with E-state index in [1.54, 1.807) is 0 Å². The zero-order chi connectivity index (χ0) is 17.7. The first kappa shape index (κ1) is 15.8. The number of hydrogen-bond acceptors (Lipinski definition) is 4. The molecule has 1 spiro atoms. The lowest BCUT2D eigenvalue weighted by molar-refractivity contribution is -0.125. The smallest absolute Gasteiger partial charge is 0.253 e. The number of aliphatic imine (C=N–C) groups is 1. The number of amidine groups is 1. The van der Waals surface area contributed by atoms with Crippen molar-refractivity contribution in [2.45, 2.75) is 24.9 Å². The van der Waals surface area contributed by atoms with Crippen molar-refractivity contribution in [3.8, 4) is 0 Å². The molecule has 1 aromatic carbocycles. The van der Waals surface area contributed by atoms with Crippen LogP contribution < -0.4 is 5.32 Å². The van der Waals surface area contributed by atoms with Gasteiger partial charge >= 0.3 is 0 Å².